The minimum atomic E-state index is -0.484. The van der Waals surface area contributed by atoms with Gasteiger partial charge in [0.1, 0.15) is 0 Å². The first-order chi connectivity index (χ1) is 11.0. The SMILES string of the molecule is CC(NC(=O)C1CC(O)CN1)c1noc(-c2ccc(Cl)cc2)n1.Cl. The van der Waals surface area contributed by atoms with E-state index in [9.17, 15) is 9.90 Å². The quantitative estimate of drug-likeness (QED) is 0.755. The summed E-state index contributed by atoms with van der Waals surface area (Å²) in [6, 6.07) is 6.26. The highest BCUT2D eigenvalue weighted by molar-refractivity contribution is 6.30. The molecule has 0 aliphatic carbocycles. The molecule has 0 radical (unpaired) electrons. The molecule has 1 amide bonds. The van der Waals surface area contributed by atoms with Gasteiger partial charge in [-0.3, -0.25) is 4.79 Å². The van der Waals surface area contributed by atoms with Crippen LogP contribution in [0.4, 0.5) is 0 Å². The van der Waals surface area contributed by atoms with Gasteiger partial charge in [-0.2, -0.15) is 4.98 Å². The van der Waals surface area contributed by atoms with Crippen LogP contribution in [0.5, 0.6) is 0 Å². The zero-order valence-electron chi connectivity index (χ0n) is 12.9. The number of hydrogen-bond acceptors (Lipinski definition) is 6. The van der Waals surface area contributed by atoms with E-state index in [1.807, 2.05) is 0 Å². The molecule has 3 N–H and O–H groups in total. The molecular weight excluding hydrogens is 355 g/mol. The summed E-state index contributed by atoms with van der Waals surface area (Å²) in [5, 5.41) is 19.8. The van der Waals surface area contributed by atoms with Gasteiger partial charge in [0.2, 0.25) is 5.91 Å². The molecule has 24 heavy (non-hydrogen) atoms. The number of carbonyl (C=O) groups excluding carboxylic acids is 1. The first-order valence-corrected chi connectivity index (χ1v) is 7.72. The van der Waals surface area contributed by atoms with Crippen molar-refractivity contribution in [3.05, 3.63) is 35.1 Å². The highest BCUT2D eigenvalue weighted by atomic mass is 35.5. The minimum Gasteiger partial charge on any atom is -0.392 e. The minimum absolute atomic E-state index is 0. The van der Waals surface area contributed by atoms with Gasteiger partial charge in [-0.1, -0.05) is 16.8 Å². The number of aliphatic hydroxyl groups is 1. The van der Waals surface area contributed by atoms with E-state index < -0.39 is 18.2 Å². The average Bonchev–Trinajstić information content (AvgIpc) is 3.17. The molecule has 7 nitrogen and oxygen atoms in total. The van der Waals surface area contributed by atoms with E-state index in [2.05, 4.69) is 20.8 Å². The van der Waals surface area contributed by atoms with Gasteiger partial charge in [0.15, 0.2) is 5.82 Å². The standard InChI is InChI=1S/C15H17ClN4O3.ClH/c1-8(18-14(22)12-6-11(21)7-17-12)13-19-15(23-20-13)9-2-4-10(16)5-3-9;/h2-5,8,11-12,17,21H,6-7H2,1H3,(H,18,22);1H. The van der Waals surface area contributed by atoms with Crippen LogP contribution in [0.25, 0.3) is 11.5 Å². The Balaban J connectivity index is 0.00000208. The lowest BCUT2D eigenvalue weighted by atomic mass is 10.2. The summed E-state index contributed by atoms with van der Waals surface area (Å²) in [6.45, 7) is 2.20. The third-order valence-corrected chi connectivity index (χ3v) is 3.96. The van der Waals surface area contributed by atoms with E-state index in [0.717, 1.165) is 5.56 Å². The molecule has 1 saturated heterocycles. The summed E-state index contributed by atoms with van der Waals surface area (Å²) in [5.41, 5.74) is 0.757. The van der Waals surface area contributed by atoms with Gasteiger partial charge in [0.25, 0.3) is 5.89 Å². The first-order valence-electron chi connectivity index (χ1n) is 7.34. The van der Waals surface area contributed by atoms with Crippen molar-refractivity contribution in [3.63, 3.8) is 0 Å². The van der Waals surface area contributed by atoms with Crippen LogP contribution >= 0.6 is 24.0 Å². The summed E-state index contributed by atoms with van der Waals surface area (Å²) in [7, 11) is 0. The molecular formula is C15H18Cl2N4O3. The third kappa shape index (κ3) is 4.24. The van der Waals surface area contributed by atoms with Gasteiger partial charge in [-0.15, -0.1) is 12.4 Å². The first kappa shape index (κ1) is 18.7. The van der Waals surface area contributed by atoms with Crippen molar-refractivity contribution in [2.75, 3.05) is 6.54 Å². The Morgan fingerprint density at radius 2 is 2.17 bits per heavy atom. The number of hydrogen-bond donors (Lipinski definition) is 3. The van der Waals surface area contributed by atoms with E-state index >= 15 is 0 Å². The number of aliphatic hydroxyl groups excluding tert-OH is 1. The van der Waals surface area contributed by atoms with Crippen molar-refractivity contribution in [2.45, 2.75) is 31.5 Å². The fraction of sp³-hybridized carbons (Fsp3) is 0.400. The van der Waals surface area contributed by atoms with Crippen LogP contribution in [0.15, 0.2) is 28.8 Å². The van der Waals surface area contributed by atoms with Crippen LogP contribution in [0.2, 0.25) is 5.02 Å². The molecule has 1 fully saturated rings. The van der Waals surface area contributed by atoms with Crippen molar-refractivity contribution in [2.24, 2.45) is 0 Å². The summed E-state index contributed by atoms with van der Waals surface area (Å²) in [6.07, 6.45) is -0.0800. The lowest BCUT2D eigenvalue weighted by Crippen LogP contribution is -2.41. The smallest absolute Gasteiger partial charge is 0.257 e. The molecule has 1 aliphatic rings. The zero-order valence-corrected chi connectivity index (χ0v) is 14.5. The second-order valence-electron chi connectivity index (χ2n) is 5.55. The third-order valence-electron chi connectivity index (χ3n) is 3.70. The van der Waals surface area contributed by atoms with Crippen LogP contribution in [-0.2, 0) is 4.79 Å². The number of β-amino-alcohol motifs (C(OH)–C–C–N with tert-alkyl or cyclic N) is 1. The Labute approximate surface area is 150 Å². The van der Waals surface area contributed by atoms with E-state index in [-0.39, 0.29) is 18.3 Å². The number of carbonyl (C=O) groups is 1. The maximum absolute atomic E-state index is 12.1. The van der Waals surface area contributed by atoms with E-state index in [1.165, 1.54) is 0 Å². The van der Waals surface area contributed by atoms with Gasteiger partial charge in [-0.25, -0.2) is 0 Å². The normalized spacial score (nSPS) is 21.1. The number of halogens is 2. The van der Waals surface area contributed by atoms with Gasteiger partial charge in [0, 0.05) is 17.1 Å². The maximum atomic E-state index is 12.1. The number of amides is 1. The Bertz CT molecular complexity index is 692. The van der Waals surface area contributed by atoms with Crippen molar-refractivity contribution in [1.29, 1.82) is 0 Å². The summed E-state index contributed by atoms with van der Waals surface area (Å²) < 4.78 is 5.22. The van der Waals surface area contributed by atoms with Crippen molar-refractivity contribution >= 4 is 29.9 Å². The fourth-order valence-corrected chi connectivity index (χ4v) is 2.54. The second kappa shape index (κ2) is 7.94. The molecule has 3 unspecified atom stereocenters. The molecule has 0 bridgehead atoms. The Kier molecular flexibility index (Phi) is 6.17. The molecule has 0 spiro atoms. The molecule has 2 aromatic rings. The van der Waals surface area contributed by atoms with Gasteiger partial charge in [0.05, 0.1) is 18.2 Å². The van der Waals surface area contributed by atoms with Crippen LogP contribution in [0.1, 0.15) is 25.2 Å². The van der Waals surface area contributed by atoms with Gasteiger partial charge < -0.3 is 20.3 Å². The predicted octanol–water partition coefficient (Wildman–Crippen LogP) is 1.71. The zero-order chi connectivity index (χ0) is 16.4. The molecule has 1 aromatic heterocycles. The predicted molar refractivity (Wildman–Crippen MR) is 91.0 cm³/mol. The lowest BCUT2D eigenvalue weighted by molar-refractivity contribution is -0.123. The van der Waals surface area contributed by atoms with Crippen molar-refractivity contribution in [1.82, 2.24) is 20.8 Å². The number of rotatable bonds is 4. The highest BCUT2D eigenvalue weighted by Crippen LogP contribution is 2.21. The molecule has 0 saturated carbocycles. The molecule has 1 aliphatic heterocycles. The molecule has 130 valence electrons. The van der Waals surface area contributed by atoms with E-state index in [0.29, 0.717) is 29.7 Å². The fourth-order valence-electron chi connectivity index (χ4n) is 2.42. The summed E-state index contributed by atoms with van der Waals surface area (Å²) in [4.78, 5) is 16.4. The van der Waals surface area contributed by atoms with E-state index in [1.54, 1.807) is 31.2 Å². The van der Waals surface area contributed by atoms with Crippen molar-refractivity contribution in [3.8, 4) is 11.5 Å². The number of aromatic nitrogens is 2. The average molecular weight is 373 g/mol. The summed E-state index contributed by atoms with van der Waals surface area (Å²) in [5.74, 6) is 0.570. The van der Waals surface area contributed by atoms with Crippen molar-refractivity contribution < 1.29 is 14.4 Å². The number of nitrogens with zero attached hydrogens (tertiary/aromatic N) is 2. The van der Waals surface area contributed by atoms with Gasteiger partial charge in [-0.05, 0) is 37.6 Å². The van der Waals surface area contributed by atoms with Crippen LogP contribution < -0.4 is 10.6 Å². The topological polar surface area (TPSA) is 100 Å². The lowest BCUT2D eigenvalue weighted by Gasteiger charge is -2.14. The van der Waals surface area contributed by atoms with Gasteiger partial charge >= 0.3 is 0 Å². The summed E-state index contributed by atoms with van der Waals surface area (Å²) >= 11 is 5.85. The van der Waals surface area contributed by atoms with Crippen LogP contribution in [0.3, 0.4) is 0 Å². The van der Waals surface area contributed by atoms with Crippen LogP contribution in [0, 0.1) is 0 Å². The molecule has 1 aromatic carbocycles. The van der Waals surface area contributed by atoms with E-state index in [4.69, 9.17) is 16.1 Å². The molecule has 2 heterocycles. The second-order valence-corrected chi connectivity index (χ2v) is 5.98. The van der Waals surface area contributed by atoms with Crippen LogP contribution in [-0.4, -0.2) is 39.8 Å². The number of benzene rings is 1. The number of nitrogens with one attached hydrogen (secondary N) is 2. The Morgan fingerprint density at radius 3 is 2.79 bits per heavy atom. The highest BCUT2D eigenvalue weighted by Gasteiger charge is 2.29. The Morgan fingerprint density at radius 1 is 1.46 bits per heavy atom. The maximum Gasteiger partial charge on any atom is 0.257 e. The molecule has 3 atom stereocenters. The molecule has 9 heteroatoms. The monoisotopic (exact) mass is 372 g/mol. The Hall–Kier alpha value is -1.67. The largest absolute Gasteiger partial charge is 0.392 e. The molecule has 3 rings (SSSR count).